The predicted octanol–water partition coefficient (Wildman–Crippen LogP) is 3.32. The van der Waals surface area contributed by atoms with Gasteiger partial charge in [0.05, 0.1) is 30.9 Å². The van der Waals surface area contributed by atoms with Crippen LogP contribution < -0.4 is 0 Å². The van der Waals surface area contributed by atoms with E-state index in [2.05, 4.69) is 14.6 Å². The molecule has 3 rings (SSSR count). The number of esters is 1. The molecule has 3 heterocycles. The van der Waals surface area contributed by atoms with Gasteiger partial charge in [0, 0.05) is 30.9 Å². The quantitative estimate of drug-likeness (QED) is 0.419. The Labute approximate surface area is 206 Å². The second-order valence-electron chi connectivity index (χ2n) is 8.28. The van der Waals surface area contributed by atoms with Gasteiger partial charge in [0.2, 0.25) is 0 Å². The fraction of sp³-hybridized carbons (Fsp3) is 0.700. The van der Waals surface area contributed by atoms with Gasteiger partial charge in [-0.1, -0.05) is 13.8 Å². The largest absolute Gasteiger partial charge is 0.492 e. The Morgan fingerprint density at radius 2 is 1.64 bits per heavy atom. The zero-order chi connectivity index (χ0) is 27.3. The maximum atomic E-state index is 12.8. The first-order chi connectivity index (χ1) is 16.6. The topological polar surface area (TPSA) is 98.3 Å². The van der Waals surface area contributed by atoms with Crippen LogP contribution in [0.15, 0.2) is 5.38 Å². The molecule has 2 aliphatic rings. The van der Waals surface area contributed by atoms with Crippen molar-refractivity contribution in [3.8, 4) is 0 Å². The van der Waals surface area contributed by atoms with Crippen molar-refractivity contribution in [3.05, 3.63) is 16.1 Å². The minimum absolute atomic E-state index is 0.109. The standard InChI is InChI=1S/C17H22F3N3O4S.C3H3F3O2/c1-11(2)13-21-12(9-28-13)14(24)22-7-8-26-16(10-22)3-5-23(6-4-16)27-15(25)17(18,19)20;1-8-2(7)3(4,5)6/h9,11H,3-8,10H2,1-2H3;1H3. The van der Waals surface area contributed by atoms with Crippen LogP contribution in [0.2, 0.25) is 0 Å². The number of thiazole rings is 1. The number of hydroxylamine groups is 2. The summed E-state index contributed by atoms with van der Waals surface area (Å²) in [6, 6.07) is 0. The molecule has 16 heteroatoms. The van der Waals surface area contributed by atoms with Crippen LogP contribution in [-0.4, -0.2) is 90.6 Å². The van der Waals surface area contributed by atoms with E-state index in [1.807, 2.05) is 13.8 Å². The maximum absolute atomic E-state index is 12.8. The second-order valence-corrected chi connectivity index (χ2v) is 9.17. The minimum atomic E-state index is -5.03. The highest BCUT2D eigenvalue weighted by Gasteiger charge is 2.46. The molecule has 1 amide bonds. The van der Waals surface area contributed by atoms with Gasteiger partial charge in [-0.05, 0) is 12.8 Å². The molecule has 0 saturated carbocycles. The van der Waals surface area contributed by atoms with Gasteiger partial charge in [0.15, 0.2) is 0 Å². The number of amides is 1. The average Bonchev–Trinajstić information content (AvgIpc) is 3.30. The van der Waals surface area contributed by atoms with Crippen molar-refractivity contribution in [2.24, 2.45) is 0 Å². The second kappa shape index (κ2) is 11.7. The first-order valence-electron chi connectivity index (χ1n) is 10.7. The number of rotatable bonds is 3. The van der Waals surface area contributed by atoms with E-state index < -0.39 is 29.9 Å². The fourth-order valence-corrected chi connectivity index (χ4v) is 4.21. The number of carbonyl (C=O) groups excluding carboxylic acids is 3. The molecule has 204 valence electrons. The lowest BCUT2D eigenvalue weighted by Crippen LogP contribution is -2.58. The Morgan fingerprint density at radius 3 is 2.08 bits per heavy atom. The van der Waals surface area contributed by atoms with Crippen LogP contribution >= 0.6 is 11.3 Å². The number of alkyl halides is 6. The predicted molar refractivity (Wildman–Crippen MR) is 112 cm³/mol. The van der Waals surface area contributed by atoms with E-state index in [0.29, 0.717) is 45.3 Å². The van der Waals surface area contributed by atoms with Crippen LogP contribution in [0.1, 0.15) is 48.1 Å². The summed E-state index contributed by atoms with van der Waals surface area (Å²) in [7, 11) is 0.676. The third-order valence-corrected chi connectivity index (χ3v) is 6.41. The molecule has 2 fully saturated rings. The van der Waals surface area contributed by atoms with Crippen LogP contribution in [0.5, 0.6) is 0 Å². The van der Waals surface area contributed by atoms with Crippen LogP contribution in [0.4, 0.5) is 26.3 Å². The van der Waals surface area contributed by atoms with E-state index in [-0.39, 0.29) is 24.9 Å². The van der Waals surface area contributed by atoms with E-state index in [9.17, 15) is 40.7 Å². The summed E-state index contributed by atoms with van der Waals surface area (Å²) in [5.74, 6) is -4.32. The number of aromatic nitrogens is 1. The number of hydrogen-bond acceptors (Lipinski definition) is 9. The minimum Gasteiger partial charge on any atom is -0.462 e. The number of carbonyl (C=O) groups is 3. The van der Waals surface area contributed by atoms with Crippen molar-refractivity contribution >= 4 is 29.2 Å². The van der Waals surface area contributed by atoms with Crippen molar-refractivity contribution in [2.75, 3.05) is 39.9 Å². The molecule has 1 aromatic heterocycles. The maximum Gasteiger partial charge on any atom is 0.492 e. The summed E-state index contributed by atoms with van der Waals surface area (Å²) in [5, 5.41) is 3.64. The Kier molecular flexibility index (Phi) is 9.70. The molecule has 2 aliphatic heterocycles. The number of ether oxygens (including phenoxy) is 2. The molecular weight excluding hydrogens is 524 g/mol. The van der Waals surface area contributed by atoms with Crippen LogP contribution in [0.25, 0.3) is 0 Å². The Hall–Kier alpha value is -2.46. The Balaban J connectivity index is 0.000000493. The highest BCUT2D eigenvalue weighted by Crippen LogP contribution is 2.32. The summed E-state index contributed by atoms with van der Waals surface area (Å²) in [5.41, 5.74) is -0.242. The number of hydrogen-bond donors (Lipinski definition) is 0. The molecule has 0 atom stereocenters. The van der Waals surface area contributed by atoms with Gasteiger partial charge in [0.1, 0.15) is 5.69 Å². The molecule has 9 nitrogen and oxygen atoms in total. The summed E-state index contributed by atoms with van der Waals surface area (Å²) in [6.45, 7) is 5.35. The van der Waals surface area contributed by atoms with Gasteiger partial charge < -0.3 is 19.2 Å². The molecule has 1 spiro atoms. The smallest absolute Gasteiger partial charge is 0.462 e. The van der Waals surface area contributed by atoms with Crippen molar-refractivity contribution in [2.45, 2.75) is 50.6 Å². The number of piperidine rings is 1. The van der Waals surface area contributed by atoms with Crippen LogP contribution in [0.3, 0.4) is 0 Å². The van der Waals surface area contributed by atoms with Gasteiger partial charge in [-0.2, -0.15) is 26.3 Å². The van der Waals surface area contributed by atoms with E-state index in [1.165, 1.54) is 11.3 Å². The van der Waals surface area contributed by atoms with Gasteiger partial charge in [0.25, 0.3) is 5.91 Å². The number of nitrogens with zero attached hydrogens (tertiary/aromatic N) is 3. The van der Waals surface area contributed by atoms with E-state index in [0.717, 1.165) is 10.1 Å². The molecule has 0 unspecified atom stereocenters. The first-order valence-corrected chi connectivity index (χ1v) is 11.5. The highest BCUT2D eigenvalue weighted by atomic mass is 32.1. The van der Waals surface area contributed by atoms with Crippen molar-refractivity contribution < 1.29 is 55.0 Å². The summed E-state index contributed by atoms with van der Waals surface area (Å²) in [6.07, 6.45) is -9.16. The molecule has 0 aromatic carbocycles. The van der Waals surface area contributed by atoms with Gasteiger partial charge in [-0.25, -0.2) is 14.6 Å². The third-order valence-electron chi connectivity index (χ3n) is 5.26. The summed E-state index contributed by atoms with van der Waals surface area (Å²) in [4.78, 5) is 43.7. The molecule has 2 saturated heterocycles. The molecule has 0 aliphatic carbocycles. The number of methoxy groups -OCH3 is 1. The van der Waals surface area contributed by atoms with Crippen LogP contribution in [-0.2, 0) is 23.9 Å². The highest BCUT2D eigenvalue weighted by molar-refractivity contribution is 7.09. The van der Waals surface area contributed by atoms with Crippen molar-refractivity contribution in [1.82, 2.24) is 14.9 Å². The molecule has 0 bridgehead atoms. The van der Waals surface area contributed by atoms with Crippen molar-refractivity contribution in [1.29, 1.82) is 0 Å². The molecule has 0 radical (unpaired) electrons. The lowest BCUT2D eigenvalue weighted by Gasteiger charge is -2.46. The van der Waals surface area contributed by atoms with Crippen LogP contribution in [0, 0.1) is 0 Å². The third kappa shape index (κ3) is 8.03. The Bertz CT molecular complexity index is 928. The number of morpholine rings is 1. The SMILES string of the molecule is CC(C)c1nc(C(=O)N2CCOC3(CCN(OC(=O)C(F)(F)F)CC3)C2)cs1.COC(=O)C(F)(F)F. The molecule has 0 N–H and O–H groups in total. The molecule has 36 heavy (non-hydrogen) atoms. The van der Waals surface area contributed by atoms with Crippen molar-refractivity contribution in [3.63, 3.8) is 0 Å². The normalized spacial score (nSPS) is 18.4. The van der Waals surface area contributed by atoms with E-state index >= 15 is 0 Å². The molecular formula is C20H25F6N3O6S. The Morgan fingerprint density at radius 1 is 1.06 bits per heavy atom. The van der Waals surface area contributed by atoms with E-state index in [4.69, 9.17) is 4.74 Å². The zero-order valence-electron chi connectivity index (χ0n) is 19.6. The van der Waals surface area contributed by atoms with E-state index in [1.54, 1.807) is 10.3 Å². The van der Waals surface area contributed by atoms with Gasteiger partial charge in [-0.15, -0.1) is 16.4 Å². The monoisotopic (exact) mass is 549 g/mol. The number of halogens is 6. The van der Waals surface area contributed by atoms with Gasteiger partial charge >= 0.3 is 24.3 Å². The zero-order valence-corrected chi connectivity index (χ0v) is 20.4. The fourth-order valence-electron chi connectivity index (χ4n) is 3.40. The lowest BCUT2D eigenvalue weighted by molar-refractivity contribution is -0.250. The summed E-state index contributed by atoms with van der Waals surface area (Å²) >= 11 is 1.45. The molecule has 1 aromatic rings. The first kappa shape index (κ1) is 29.8. The average molecular weight is 549 g/mol. The van der Waals surface area contributed by atoms with Gasteiger partial charge in [-0.3, -0.25) is 4.79 Å². The summed E-state index contributed by atoms with van der Waals surface area (Å²) < 4.78 is 79.2. The lowest BCUT2D eigenvalue weighted by atomic mass is 9.90.